The molecule has 0 radical (unpaired) electrons. The summed E-state index contributed by atoms with van der Waals surface area (Å²) in [5.41, 5.74) is 3.81. The molecule has 0 bridgehead atoms. The van der Waals surface area contributed by atoms with Crippen molar-refractivity contribution >= 4 is 23.0 Å². The Hall–Kier alpha value is -3.08. The van der Waals surface area contributed by atoms with E-state index in [0.717, 1.165) is 56.5 Å². The number of anilines is 3. The standard InChI is InChI=1S/C22H24N4O3/c23-16-17-2-1-3-18(14-17)22(27)24-20-5-4-19(25-6-10-28-11-7-25)15-21(20)26-8-12-29-13-9-26/h1-5,14-15H,6-13H2,(H,24,27). The van der Waals surface area contributed by atoms with E-state index in [-0.39, 0.29) is 5.91 Å². The van der Waals surface area contributed by atoms with Crippen LogP contribution in [0, 0.1) is 11.3 Å². The Bertz CT molecular complexity index is 913. The maximum Gasteiger partial charge on any atom is 0.255 e. The van der Waals surface area contributed by atoms with E-state index in [0.29, 0.717) is 24.3 Å². The zero-order valence-electron chi connectivity index (χ0n) is 16.3. The van der Waals surface area contributed by atoms with Gasteiger partial charge in [-0.15, -0.1) is 0 Å². The number of nitrogens with one attached hydrogen (secondary N) is 1. The molecule has 7 heteroatoms. The second-order valence-corrected chi connectivity index (χ2v) is 7.05. The number of carbonyl (C=O) groups is 1. The number of nitrogens with zero attached hydrogens (tertiary/aromatic N) is 3. The lowest BCUT2D eigenvalue weighted by Gasteiger charge is -2.33. The number of hydrogen-bond donors (Lipinski definition) is 1. The van der Waals surface area contributed by atoms with Gasteiger partial charge in [0.15, 0.2) is 0 Å². The van der Waals surface area contributed by atoms with Crippen molar-refractivity contribution in [3.05, 3.63) is 53.6 Å². The van der Waals surface area contributed by atoms with Crippen LogP contribution < -0.4 is 15.1 Å². The monoisotopic (exact) mass is 392 g/mol. The first kappa shape index (κ1) is 19.2. The summed E-state index contributed by atoms with van der Waals surface area (Å²) in [4.78, 5) is 17.4. The van der Waals surface area contributed by atoms with Crippen LogP contribution in [0.5, 0.6) is 0 Å². The number of benzene rings is 2. The molecule has 0 spiro atoms. The number of carbonyl (C=O) groups excluding carboxylic acids is 1. The van der Waals surface area contributed by atoms with Gasteiger partial charge >= 0.3 is 0 Å². The SMILES string of the molecule is N#Cc1cccc(C(=O)Nc2ccc(N3CCOCC3)cc2N2CCOCC2)c1. The van der Waals surface area contributed by atoms with Crippen LogP contribution in [-0.4, -0.2) is 58.5 Å². The topological polar surface area (TPSA) is 77.8 Å². The highest BCUT2D eigenvalue weighted by atomic mass is 16.5. The zero-order valence-corrected chi connectivity index (χ0v) is 16.3. The molecule has 0 saturated carbocycles. The predicted molar refractivity (Wildman–Crippen MR) is 112 cm³/mol. The molecule has 29 heavy (non-hydrogen) atoms. The van der Waals surface area contributed by atoms with Crippen LogP contribution in [0.1, 0.15) is 15.9 Å². The molecule has 2 heterocycles. The van der Waals surface area contributed by atoms with E-state index in [1.54, 1.807) is 24.3 Å². The second kappa shape index (κ2) is 8.95. The van der Waals surface area contributed by atoms with E-state index in [2.05, 4.69) is 27.3 Å². The average molecular weight is 392 g/mol. The molecule has 4 rings (SSSR count). The van der Waals surface area contributed by atoms with Crippen molar-refractivity contribution in [1.29, 1.82) is 5.26 Å². The molecule has 2 fully saturated rings. The molecule has 2 saturated heterocycles. The fourth-order valence-corrected chi connectivity index (χ4v) is 3.63. The van der Waals surface area contributed by atoms with Gasteiger partial charge in [-0.2, -0.15) is 5.26 Å². The first-order valence-electron chi connectivity index (χ1n) is 9.85. The maximum atomic E-state index is 12.8. The number of amides is 1. The normalized spacial score (nSPS) is 16.9. The number of hydrogen-bond acceptors (Lipinski definition) is 6. The highest BCUT2D eigenvalue weighted by Crippen LogP contribution is 2.32. The first-order valence-corrected chi connectivity index (χ1v) is 9.85. The minimum atomic E-state index is -0.226. The molecule has 7 nitrogen and oxygen atoms in total. The molecule has 2 aliphatic rings. The minimum absolute atomic E-state index is 0.226. The van der Waals surface area contributed by atoms with Crippen LogP contribution >= 0.6 is 0 Å². The van der Waals surface area contributed by atoms with Gasteiger partial charge in [0.05, 0.1) is 49.4 Å². The van der Waals surface area contributed by atoms with Crippen molar-refractivity contribution < 1.29 is 14.3 Å². The van der Waals surface area contributed by atoms with Crippen molar-refractivity contribution in [3.63, 3.8) is 0 Å². The summed E-state index contributed by atoms with van der Waals surface area (Å²) in [5, 5.41) is 12.1. The lowest BCUT2D eigenvalue weighted by molar-refractivity contribution is 0.102. The predicted octanol–water partition coefficient (Wildman–Crippen LogP) is 2.48. The van der Waals surface area contributed by atoms with Gasteiger partial charge < -0.3 is 24.6 Å². The Kier molecular flexibility index (Phi) is 5.94. The zero-order chi connectivity index (χ0) is 20.1. The van der Waals surface area contributed by atoms with Gasteiger partial charge in [-0.3, -0.25) is 4.79 Å². The number of nitriles is 1. The number of ether oxygens (including phenoxy) is 2. The molecular formula is C22H24N4O3. The van der Waals surface area contributed by atoms with E-state index >= 15 is 0 Å². The fourth-order valence-electron chi connectivity index (χ4n) is 3.63. The molecule has 2 aromatic rings. The van der Waals surface area contributed by atoms with E-state index in [4.69, 9.17) is 14.7 Å². The van der Waals surface area contributed by atoms with Gasteiger partial charge in [0.2, 0.25) is 0 Å². The quantitative estimate of drug-likeness (QED) is 0.861. The van der Waals surface area contributed by atoms with Crippen LogP contribution in [0.15, 0.2) is 42.5 Å². The van der Waals surface area contributed by atoms with Crippen LogP contribution in [-0.2, 0) is 9.47 Å². The highest BCUT2D eigenvalue weighted by molar-refractivity contribution is 6.06. The molecular weight excluding hydrogens is 368 g/mol. The highest BCUT2D eigenvalue weighted by Gasteiger charge is 2.20. The van der Waals surface area contributed by atoms with E-state index < -0.39 is 0 Å². The number of rotatable bonds is 4. The molecule has 150 valence electrons. The van der Waals surface area contributed by atoms with Crippen LogP contribution in [0.4, 0.5) is 17.1 Å². The third-order valence-corrected chi connectivity index (χ3v) is 5.21. The molecule has 0 aliphatic carbocycles. The van der Waals surface area contributed by atoms with Crippen LogP contribution in [0.3, 0.4) is 0 Å². The first-order chi connectivity index (χ1) is 14.2. The fraction of sp³-hybridized carbons (Fsp3) is 0.364. The molecule has 1 N–H and O–H groups in total. The molecule has 2 aliphatic heterocycles. The summed E-state index contributed by atoms with van der Waals surface area (Å²) >= 11 is 0. The van der Waals surface area contributed by atoms with Gasteiger partial charge in [0, 0.05) is 37.4 Å². The largest absolute Gasteiger partial charge is 0.378 e. The Morgan fingerprint density at radius 1 is 0.931 bits per heavy atom. The van der Waals surface area contributed by atoms with Gasteiger partial charge in [-0.1, -0.05) is 6.07 Å². The van der Waals surface area contributed by atoms with Gasteiger partial charge in [0.25, 0.3) is 5.91 Å². The Morgan fingerprint density at radius 2 is 1.62 bits per heavy atom. The van der Waals surface area contributed by atoms with E-state index in [1.165, 1.54) is 0 Å². The summed E-state index contributed by atoms with van der Waals surface area (Å²) in [7, 11) is 0. The van der Waals surface area contributed by atoms with Gasteiger partial charge in [0.1, 0.15) is 0 Å². The maximum absolute atomic E-state index is 12.8. The summed E-state index contributed by atoms with van der Waals surface area (Å²) in [6, 6.07) is 14.9. The second-order valence-electron chi connectivity index (χ2n) is 7.05. The van der Waals surface area contributed by atoms with Crippen molar-refractivity contribution in [2.45, 2.75) is 0 Å². The Labute approximate surface area is 170 Å². The van der Waals surface area contributed by atoms with Crippen molar-refractivity contribution in [2.75, 3.05) is 67.7 Å². The summed E-state index contributed by atoms with van der Waals surface area (Å²) in [5.74, 6) is -0.226. The van der Waals surface area contributed by atoms with E-state index in [9.17, 15) is 4.79 Å². The smallest absolute Gasteiger partial charge is 0.255 e. The third kappa shape index (κ3) is 4.50. The average Bonchev–Trinajstić information content (AvgIpc) is 2.80. The number of morpholine rings is 2. The Balaban J connectivity index is 1.62. The molecule has 0 atom stereocenters. The third-order valence-electron chi connectivity index (χ3n) is 5.21. The molecule has 2 aromatic carbocycles. The lowest BCUT2D eigenvalue weighted by Crippen LogP contribution is -2.38. The minimum Gasteiger partial charge on any atom is -0.378 e. The van der Waals surface area contributed by atoms with Crippen LogP contribution in [0.2, 0.25) is 0 Å². The summed E-state index contributed by atoms with van der Waals surface area (Å²) < 4.78 is 11.0. The lowest BCUT2D eigenvalue weighted by atomic mass is 10.1. The van der Waals surface area contributed by atoms with Gasteiger partial charge in [-0.25, -0.2) is 0 Å². The van der Waals surface area contributed by atoms with Crippen molar-refractivity contribution in [1.82, 2.24) is 0 Å². The molecule has 0 unspecified atom stereocenters. The van der Waals surface area contributed by atoms with Crippen molar-refractivity contribution in [2.24, 2.45) is 0 Å². The van der Waals surface area contributed by atoms with Gasteiger partial charge in [-0.05, 0) is 36.4 Å². The van der Waals surface area contributed by atoms with Crippen molar-refractivity contribution in [3.8, 4) is 6.07 Å². The van der Waals surface area contributed by atoms with Crippen LogP contribution in [0.25, 0.3) is 0 Å². The molecule has 1 amide bonds. The summed E-state index contributed by atoms with van der Waals surface area (Å²) in [6.45, 7) is 6.04. The Morgan fingerprint density at radius 3 is 2.31 bits per heavy atom. The summed E-state index contributed by atoms with van der Waals surface area (Å²) in [6.07, 6.45) is 0. The molecule has 0 aromatic heterocycles. The van der Waals surface area contributed by atoms with E-state index in [1.807, 2.05) is 12.1 Å².